The van der Waals surface area contributed by atoms with Gasteiger partial charge in [0, 0.05) is 0 Å². The van der Waals surface area contributed by atoms with Crippen LogP contribution in [0, 0.1) is 11.3 Å². The molecular weight excluding hydrogens is 208 g/mol. The molecule has 1 fully saturated rings. The Morgan fingerprint density at radius 3 is 2.20 bits per heavy atom. The van der Waals surface area contributed by atoms with Gasteiger partial charge in [0.1, 0.15) is 6.10 Å². The van der Waals surface area contributed by atoms with Crippen molar-refractivity contribution in [1.82, 2.24) is 0 Å². The molecule has 0 aromatic heterocycles. The van der Waals surface area contributed by atoms with Crippen molar-refractivity contribution < 1.29 is 9.53 Å². The van der Waals surface area contributed by atoms with Crippen LogP contribution in [0.15, 0.2) is 0 Å². The molecule has 0 unspecified atom stereocenters. The molecule has 0 amide bonds. The van der Waals surface area contributed by atoms with Crippen molar-refractivity contribution in [3.05, 3.63) is 0 Å². The minimum absolute atomic E-state index is 0.142. The second kappa shape index (κ2) is 5.24. The summed E-state index contributed by atoms with van der Waals surface area (Å²) in [5.41, 5.74) is 0.387. The van der Waals surface area contributed by atoms with Crippen molar-refractivity contribution in [2.45, 2.75) is 52.6 Å². The lowest BCUT2D eigenvalue weighted by Crippen LogP contribution is -2.30. The number of hydrogen-bond acceptors (Lipinski definition) is 3. The van der Waals surface area contributed by atoms with Crippen molar-refractivity contribution in [2.24, 2.45) is 11.3 Å². The normalized spacial score (nSPS) is 27.5. The van der Waals surface area contributed by atoms with Crippen LogP contribution in [0.1, 0.15) is 46.5 Å². The summed E-state index contributed by atoms with van der Waals surface area (Å²) in [5, 5.41) is 0. The topological polar surface area (TPSA) is 26.3 Å². The van der Waals surface area contributed by atoms with E-state index in [1.165, 1.54) is 12.8 Å². The molecule has 0 aromatic carbocycles. The van der Waals surface area contributed by atoms with Crippen LogP contribution < -0.4 is 0 Å². The number of thiol groups is 1. The summed E-state index contributed by atoms with van der Waals surface area (Å²) in [7, 11) is 0. The van der Waals surface area contributed by atoms with Crippen LogP contribution in [0.4, 0.5) is 0 Å². The molecule has 0 radical (unpaired) electrons. The first-order valence-corrected chi connectivity index (χ1v) is 6.37. The Bertz CT molecular complexity index is 212. The Kier molecular flexibility index (Phi) is 4.50. The van der Waals surface area contributed by atoms with Crippen molar-refractivity contribution in [1.29, 1.82) is 0 Å². The van der Waals surface area contributed by atoms with E-state index in [1.807, 2.05) is 0 Å². The van der Waals surface area contributed by atoms with E-state index >= 15 is 0 Å². The summed E-state index contributed by atoms with van der Waals surface area (Å²) in [4.78, 5) is 11.1. The van der Waals surface area contributed by atoms with Crippen LogP contribution in [0.5, 0.6) is 0 Å². The number of hydrogen-bond donors (Lipinski definition) is 1. The van der Waals surface area contributed by atoms with Crippen molar-refractivity contribution in [3.8, 4) is 0 Å². The molecule has 1 aliphatic carbocycles. The largest absolute Gasteiger partial charge is 0.462 e. The van der Waals surface area contributed by atoms with E-state index < -0.39 is 0 Å². The maximum atomic E-state index is 11.1. The fraction of sp³-hybridized carbons (Fsp3) is 0.917. The molecule has 0 heterocycles. The quantitative estimate of drug-likeness (QED) is 0.583. The predicted molar refractivity (Wildman–Crippen MR) is 65.1 cm³/mol. The molecule has 88 valence electrons. The first-order valence-electron chi connectivity index (χ1n) is 5.74. The van der Waals surface area contributed by atoms with E-state index in [4.69, 9.17) is 4.74 Å². The van der Waals surface area contributed by atoms with Crippen LogP contribution in [0.3, 0.4) is 0 Å². The molecule has 1 saturated carbocycles. The molecule has 0 aromatic rings. The van der Waals surface area contributed by atoms with E-state index in [2.05, 4.69) is 33.4 Å². The molecule has 0 spiro atoms. The average molecular weight is 230 g/mol. The predicted octanol–water partition coefficient (Wildman–Crippen LogP) is 3.06. The molecule has 0 bridgehead atoms. The summed E-state index contributed by atoms with van der Waals surface area (Å²) >= 11 is 3.90. The van der Waals surface area contributed by atoms with Crippen LogP contribution in [-0.4, -0.2) is 17.8 Å². The number of ether oxygens (including phenoxy) is 1. The van der Waals surface area contributed by atoms with Gasteiger partial charge in [-0.25, -0.2) is 0 Å². The van der Waals surface area contributed by atoms with Gasteiger partial charge < -0.3 is 4.74 Å². The molecule has 1 aliphatic rings. The van der Waals surface area contributed by atoms with E-state index in [0.29, 0.717) is 5.41 Å². The summed E-state index contributed by atoms with van der Waals surface area (Å²) in [5.74, 6) is 0.778. The van der Waals surface area contributed by atoms with Crippen LogP contribution in [0.25, 0.3) is 0 Å². The van der Waals surface area contributed by atoms with E-state index in [-0.39, 0.29) is 17.8 Å². The molecule has 3 heteroatoms. The summed E-state index contributed by atoms with van der Waals surface area (Å²) in [6, 6.07) is 0. The lowest BCUT2D eigenvalue weighted by atomic mass is 9.72. The van der Waals surface area contributed by atoms with Crippen LogP contribution in [-0.2, 0) is 9.53 Å². The zero-order chi connectivity index (χ0) is 11.5. The summed E-state index contributed by atoms with van der Waals surface area (Å²) in [6.07, 6.45) is 4.52. The molecular formula is C12H22O2S. The highest BCUT2D eigenvalue weighted by molar-refractivity contribution is 7.81. The molecule has 1 rings (SSSR count). The second-order valence-electron chi connectivity index (χ2n) is 5.49. The smallest absolute Gasteiger partial charge is 0.315 e. The first-order chi connectivity index (χ1) is 6.93. The van der Waals surface area contributed by atoms with E-state index in [9.17, 15) is 4.79 Å². The third-order valence-corrected chi connectivity index (χ3v) is 3.58. The molecule has 0 aliphatic heterocycles. The van der Waals surface area contributed by atoms with Crippen LogP contribution in [0.2, 0.25) is 0 Å². The van der Waals surface area contributed by atoms with Gasteiger partial charge in [0.2, 0.25) is 0 Å². The monoisotopic (exact) mass is 230 g/mol. The SMILES string of the molecule is CC(C)(C)C1CCC(OC(=O)CS)CC1. The molecule has 0 saturated heterocycles. The summed E-state index contributed by atoms with van der Waals surface area (Å²) < 4.78 is 5.29. The Hall–Kier alpha value is -0.180. The number of carbonyl (C=O) groups is 1. The fourth-order valence-corrected chi connectivity index (χ4v) is 2.34. The van der Waals surface area contributed by atoms with Gasteiger partial charge in [-0.3, -0.25) is 4.79 Å². The number of carbonyl (C=O) groups excluding carboxylic acids is 1. The lowest BCUT2D eigenvalue weighted by molar-refractivity contribution is -0.147. The van der Waals surface area contributed by atoms with Crippen LogP contribution >= 0.6 is 12.6 Å². The second-order valence-corrected chi connectivity index (χ2v) is 5.80. The third-order valence-electron chi connectivity index (χ3n) is 3.33. The molecule has 0 N–H and O–H groups in total. The highest BCUT2D eigenvalue weighted by Gasteiger charge is 2.30. The maximum absolute atomic E-state index is 11.1. The van der Waals surface area contributed by atoms with Gasteiger partial charge in [-0.05, 0) is 37.0 Å². The Labute approximate surface area is 98.2 Å². The number of esters is 1. The van der Waals surface area contributed by atoms with E-state index in [1.54, 1.807) is 0 Å². The fourth-order valence-electron chi connectivity index (χ4n) is 2.27. The molecule has 0 atom stereocenters. The first kappa shape index (κ1) is 12.9. The standard InChI is InChI=1S/C12H22O2S/c1-12(2,3)9-4-6-10(7-5-9)14-11(13)8-15/h9-10,15H,4-8H2,1-3H3. The van der Waals surface area contributed by atoms with Gasteiger partial charge in [-0.1, -0.05) is 20.8 Å². The van der Waals surface area contributed by atoms with Gasteiger partial charge in [-0.15, -0.1) is 0 Å². The maximum Gasteiger partial charge on any atom is 0.315 e. The minimum Gasteiger partial charge on any atom is -0.462 e. The Morgan fingerprint density at radius 1 is 1.27 bits per heavy atom. The zero-order valence-corrected chi connectivity index (χ0v) is 10.8. The number of rotatable bonds is 2. The Morgan fingerprint density at radius 2 is 1.80 bits per heavy atom. The highest BCUT2D eigenvalue weighted by Crippen LogP contribution is 2.38. The van der Waals surface area contributed by atoms with Gasteiger partial charge >= 0.3 is 5.97 Å². The van der Waals surface area contributed by atoms with Gasteiger partial charge in [0.15, 0.2) is 0 Å². The van der Waals surface area contributed by atoms with Gasteiger partial charge in [0.25, 0.3) is 0 Å². The van der Waals surface area contributed by atoms with Gasteiger partial charge in [-0.2, -0.15) is 12.6 Å². The van der Waals surface area contributed by atoms with Crippen molar-refractivity contribution in [2.75, 3.05) is 5.75 Å². The van der Waals surface area contributed by atoms with Crippen molar-refractivity contribution >= 4 is 18.6 Å². The summed E-state index contributed by atoms with van der Waals surface area (Å²) in [6.45, 7) is 6.87. The average Bonchev–Trinajstić information content (AvgIpc) is 2.17. The van der Waals surface area contributed by atoms with E-state index in [0.717, 1.165) is 18.8 Å². The third kappa shape index (κ3) is 4.06. The highest BCUT2D eigenvalue weighted by atomic mass is 32.1. The van der Waals surface area contributed by atoms with Crippen molar-refractivity contribution in [3.63, 3.8) is 0 Å². The molecule has 2 nitrogen and oxygen atoms in total. The van der Waals surface area contributed by atoms with Gasteiger partial charge in [0.05, 0.1) is 5.75 Å². The lowest BCUT2D eigenvalue weighted by Gasteiger charge is -2.36. The zero-order valence-electron chi connectivity index (χ0n) is 9.95. The molecule has 15 heavy (non-hydrogen) atoms. The minimum atomic E-state index is -0.183. The Balaban J connectivity index is 2.33.